The third kappa shape index (κ3) is 15.3. The molecule has 0 N–H and O–H groups in total. The molecule has 0 unspecified atom stereocenters. The minimum atomic E-state index is -2.66. The van der Waals surface area contributed by atoms with Crippen molar-refractivity contribution in [1.82, 2.24) is 0 Å². The second-order valence-electron chi connectivity index (χ2n) is 19.6. The molecule has 2 aliphatic heterocycles. The number of esters is 2. The van der Waals surface area contributed by atoms with Crippen molar-refractivity contribution in [2.75, 3.05) is 20.3 Å². The zero-order valence-electron chi connectivity index (χ0n) is 42.7. The average Bonchev–Trinajstić information content (AvgIpc) is 3.38. The largest absolute Gasteiger partial charge is 0.497 e. The molecular formula is C56H67N3O12SSi. The number of benzene rings is 5. The minimum absolute atomic E-state index is 0.0347. The van der Waals surface area contributed by atoms with E-state index in [2.05, 4.69) is 43.9 Å². The van der Waals surface area contributed by atoms with Gasteiger partial charge in [-0.2, -0.15) is 0 Å². The van der Waals surface area contributed by atoms with E-state index < -0.39 is 80.8 Å². The van der Waals surface area contributed by atoms with Gasteiger partial charge in [0.25, 0.3) is 0 Å². The van der Waals surface area contributed by atoms with Gasteiger partial charge >= 0.3 is 11.9 Å². The van der Waals surface area contributed by atoms with E-state index in [1.165, 1.54) is 18.7 Å². The van der Waals surface area contributed by atoms with E-state index >= 15 is 0 Å². The van der Waals surface area contributed by atoms with Crippen LogP contribution >= 0.6 is 11.8 Å². The van der Waals surface area contributed by atoms with Crippen LogP contribution in [0.25, 0.3) is 10.4 Å². The average molecular weight is 1030 g/mol. The minimum Gasteiger partial charge on any atom is -0.497 e. The number of methoxy groups -OCH3 is 1. The van der Waals surface area contributed by atoms with Gasteiger partial charge in [0, 0.05) is 16.7 Å². The number of carbonyl (C=O) groups excluding carboxylic acids is 2. The lowest BCUT2D eigenvalue weighted by Crippen LogP contribution is -2.66. The van der Waals surface area contributed by atoms with E-state index in [1.807, 2.05) is 122 Å². The predicted octanol–water partition coefficient (Wildman–Crippen LogP) is 11.2. The van der Waals surface area contributed by atoms with Gasteiger partial charge in [-0.15, -0.1) is 0 Å². The fraction of sp³-hybridized carbons (Fsp3) is 0.429. The van der Waals surface area contributed by atoms with E-state index in [0.717, 1.165) is 27.1 Å². The molecule has 5 aromatic rings. The number of aryl methyl sites for hydroxylation is 1. The molecule has 7 rings (SSSR count). The summed E-state index contributed by atoms with van der Waals surface area (Å²) in [4.78, 5) is 31.1. The smallest absolute Gasteiger partial charge is 0.338 e. The number of carbonyl (C=O) groups is 2. The number of azide groups is 1. The molecule has 73 heavy (non-hydrogen) atoms. The molecule has 15 nitrogen and oxygen atoms in total. The lowest BCUT2D eigenvalue weighted by Gasteiger charge is -2.51. The van der Waals surface area contributed by atoms with Crippen molar-refractivity contribution < 1.29 is 56.6 Å². The zero-order valence-corrected chi connectivity index (χ0v) is 44.6. The maximum absolute atomic E-state index is 14.3. The molecule has 0 spiro atoms. The van der Waals surface area contributed by atoms with Crippen molar-refractivity contribution >= 4 is 32.0 Å². The Morgan fingerprint density at radius 1 is 0.699 bits per heavy atom. The highest BCUT2D eigenvalue weighted by atomic mass is 32.2. The maximum Gasteiger partial charge on any atom is 0.338 e. The molecule has 0 aliphatic carbocycles. The van der Waals surface area contributed by atoms with Gasteiger partial charge in [0.15, 0.2) is 20.7 Å². The van der Waals surface area contributed by atoms with Crippen LogP contribution < -0.4 is 4.74 Å². The summed E-state index contributed by atoms with van der Waals surface area (Å²) < 4.78 is 66.4. The van der Waals surface area contributed by atoms with E-state index in [9.17, 15) is 15.1 Å². The van der Waals surface area contributed by atoms with Gasteiger partial charge in [-0.3, -0.25) is 4.79 Å². The van der Waals surface area contributed by atoms with Gasteiger partial charge < -0.3 is 47.1 Å². The third-order valence-electron chi connectivity index (χ3n) is 13.2. The Morgan fingerprint density at radius 2 is 1.27 bits per heavy atom. The number of nitrogens with zero attached hydrogens (tertiary/aromatic N) is 3. The Hall–Kier alpha value is -5.56. The lowest BCUT2D eigenvalue weighted by molar-refractivity contribution is -0.322. The van der Waals surface area contributed by atoms with Gasteiger partial charge in [-0.1, -0.05) is 146 Å². The quantitative estimate of drug-likeness (QED) is 0.0211. The molecule has 2 fully saturated rings. The summed E-state index contributed by atoms with van der Waals surface area (Å²) in [7, 11) is -1.05. The first-order chi connectivity index (χ1) is 35.1. The summed E-state index contributed by atoms with van der Waals surface area (Å²) in [5.74, 6) is -0.432. The fourth-order valence-corrected chi connectivity index (χ4v) is 10.6. The van der Waals surface area contributed by atoms with E-state index in [0.29, 0.717) is 11.3 Å². The van der Waals surface area contributed by atoms with Crippen molar-refractivity contribution in [1.29, 1.82) is 0 Å². The van der Waals surface area contributed by atoms with Crippen LogP contribution in [-0.2, 0) is 66.9 Å². The molecule has 0 saturated carbocycles. The molecule has 17 heteroatoms. The van der Waals surface area contributed by atoms with E-state index in [4.69, 9.17) is 47.1 Å². The van der Waals surface area contributed by atoms with Crippen LogP contribution in [0, 0.1) is 6.92 Å². The first kappa shape index (κ1) is 55.2. The Balaban J connectivity index is 1.34. The summed E-state index contributed by atoms with van der Waals surface area (Å²) in [6.45, 7) is 14.0. The summed E-state index contributed by atoms with van der Waals surface area (Å²) in [6, 6.07) is 42.2. The van der Waals surface area contributed by atoms with E-state index in [-0.39, 0.29) is 38.1 Å². The van der Waals surface area contributed by atoms with Crippen LogP contribution in [0.1, 0.15) is 60.3 Å². The number of thioether (sulfide) groups is 1. The summed E-state index contributed by atoms with van der Waals surface area (Å²) in [5.41, 5.74) is 13.5. The number of ether oxygens (including phenoxy) is 9. The molecule has 0 radical (unpaired) electrons. The van der Waals surface area contributed by atoms with Gasteiger partial charge in [-0.05, 0) is 83.7 Å². The van der Waals surface area contributed by atoms with Crippen molar-refractivity contribution in [3.63, 3.8) is 0 Å². The first-order valence-electron chi connectivity index (χ1n) is 24.5. The van der Waals surface area contributed by atoms with Crippen molar-refractivity contribution in [3.05, 3.63) is 178 Å². The van der Waals surface area contributed by atoms with Crippen LogP contribution in [0.3, 0.4) is 0 Å². The molecule has 2 heterocycles. The number of hydrogen-bond donors (Lipinski definition) is 0. The molecular weight excluding hydrogens is 967 g/mol. The fourth-order valence-electron chi connectivity index (χ4n) is 8.18. The van der Waals surface area contributed by atoms with Crippen molar-refractivity contribution in [3.8, 4) is 5.75 Å². The van der Waals surface area contributed by atoms with Gasteiger partial charge in [0.1, 0.15) is 54.4 Å². The van der Waals surface area contributed by atoms with Crippen LogP contribution in [-0.4, -0.2) is 101 Å². The second-order valence-corrected chi connectivity index (χ2v) is 25.5. The Bertz CT molecular complexity index is 2550. The maximum atomic E-state index is 14.3. The van der Waals surface area contributed by atoms with Gasteiger partial charge in [-0.25, -0.2) is 4.79 Å². The molecule has 388 valence electrons. The molecule has 2 aliphatic rings. The molecule has 0 amide bonds. The van der Waals surface area contributed by atoms with Crippen LogP contribution in [0.5, 0.6) is 5.75 Å². The summed E-state index contributed by atoms with van der Waals surface area (Å²) >= 11 is 1.38. The Morgan fingerprint density at radius 3 is 1.85 bits per heavy atom. The molecule has 0 bridgehead atoms. The standard InChI is InChI=1S/C56H67N3O12SSi/c1-37-24-30-44(31-25-37)72-55-52(69-53(61)42-22-16-11-17-23-42)51(66-34-40-20-14-10-15-21-40)48(45(68-55)35-63-32-41-26-28-43(62-6)29-27-41)70-54-47(58-59-57)50(65-33-39-18-12-9-13-19-39)49(46(67-54)36-64-38(2)60)71-73(7,8)56(3,4)5/h9-31,45-52,54-55H,32-36H2,1-8H3/t45-,46-,47-,48-,49-,50-,51+,52-,54-,55+/m1/s1. The molecule has 0 aromatic heterocycles. The highest BCUT2D eigenvalue weighted by Gasteiger charge is 2.56. The molecule has 2 saturated heterocycles. The SMILES string of the molecule is COc1ccc(COC[C@H]2O[C@@H](Sc3ccc(C)cc3)[C@H](OC(=O)c3ccccc3)[C@@H](OCc3ccccc3)[C@@H]2O[C@H]2O[C@H](COC(C)=O)[C@@H](O[Si](C)(C)C(C)(C)C)[C@H](OCc3ccccc3)[C@H]2N=[N+]=[N-])cc1. The highest BCUT2D eigenvalue weighted by molar-refractivity contribution is 7.99. The van der Waals surface area contributed by atoms with Crippen molar-refractivity contribution in [2.24, 2.45) is 5.11 Å². The molecule has 10 atom stereocenters. The lowest BCUT2D eigenvalue weighted by atomic mass is 9.95. The predicted molar refractivity (Wildman–Crippen MR) is 279 cm³/mol. The highest BCUT2D eigenvalue weighted by Crippen LogP contribution is 2.43. The second kappa shape index (κ2) is 26.1. The Labute approximate surface area is 433 Å². The zero-order chi connectivity index (χ0) is 52.0. The van der Waals surface area contributed by atoms with Crippen LogP contribution in [0.4, 0.5) is 0 Å². The number of hydrogen-bond acceptors (Lipinski definition) is 14. The summed E-state index contributed by atoms with van der Waals surface area (Å²) in [6.07, 6.45) is -8.56. The third-order valence-corrected chi connectivity index (χ3v) is 18.8. The normalized spacial score (nSPS) is 24.2. The monoisotopic (exact) mass is 1030 g/mol. The number of rotatable bonds is 22. The van der Waals surface area contributed by atoms with Crippen molar-refractivity contribution in [2.45, 2.75) is 138 Å². The first-order valence-corrected chi connectivity index (χ1v) is 28.2. The van der Waals surface area contributed by atoms with Gasteiger partial charge in [0.2, 0.25) is 0 Å². The van der Waals surface area contributed by atoms with Crippen LogP contribution in [0.2, 0.25) is 18.1 Å². The van der Waals surface area contributed by atoms with Gasteiger partial charge in [0.05, 0.1) is 45.2 Å². The van der Waals surface area contributed by atoms with Crippen LogP contribution in [0.15, 0.2) is 150 Å². The topological polar surface area (TPSA) is 175 Å². The van der Waals surface area contributed by atoms with E-state index in [1.54, 1.807) is 31.4 Å². The molecule has 5 aromatic carbocycles. The summed E-state index contributed by atoms with van der Waals surface area (Å²) in [5, 5.41) is 4.09. The Kier molecular flexibility index (Phi) is 19.7.